The third kappa shape index (κ3) is 2.39. The summed E-state index contributed by atoms with van der Waals surface area (Å²) in [6, 6.07) is 4.83. The minimum Gasteiger partial charge on any atom is -0.480 e. The van der Waals surface area contributed by atoms with Crippen LogP contribution >= 0.6 is 0 Å². The first-order chi connectivity index (χ1) is 6.50. The van der Waals surface area contributed by atoms with Gasteiger partial charge >= 0.3 is 5.97 Å². The molecule has 1 atom stereocenters. The second-order valence-corrected chi connectivity index (χ2v) is 3.29. The van der Waals surface area contributed by atoms with E-state index in [2.05, 4.69) is 5.32 Å². The first kappa shape index (κ1) is 10.4. The molecule has 0 aliphatic heterocycles. The maximum Gasteiger partial charge on any atom is 0.325 e. The van der Waals surface area contributed by atoms with Crippen molar-refractivity contribution >= 4 is 17.3 Å². The zero-order valence-electron chi connectivity index (χ0n) is 8.24. The monoisotopic (exact) mass is 194 g/mol. The summed E-state index contributed by atoms with van der Waals surface area (Å²) in [5, 5.41) is 11.5. The topological polar surface area (TPSA) is 75.3 Å². The van der Waals surface area contributed by atoms with E-state index in [4.69, 9.17) is 10.8 Å². The van der Waals surface area contributed by atoms with Crippen LogP contribution in [0.25, 0.3) is 0 Å². The maximum atomic E-state index is 10.6. The molecule has 1 aromatic carbocycles. The van der Waals surface area contributed by atoms with Gasteiger partial charge in [-0.1, -0.05) is 6.07 Å². The van der Waals surface area contributed by atoms with Crippen LogP contribution in [0.2, 0.25) is 0 Å². The second-order valence-electron chi connectivity index (χ2n) is 3.29. The van der Waals surface area contributed by atoms with Crippen LogP contribution in [-0.2, 0) is 4.79 Å². The average Bonchev–Trinajstić information content (AvgIpc) is 2.09. The number of benzene rings is 1. The Bertz CT molecular complexity index is 350. The number of nitrogens with two attached hydrogens (primary N) is 1. The summed E-state index contributed by atoms with van der Waals surface area (Å²) in [6.45, 7) is 3.50. The van der Waals surface area contributed by atoms with Gasteiger partial charge in [0.05, 0.1) is 11.4 Å². The fourth-order valence-electron chi connectivity index (χ4n) is 1.11. The van der Waals surface area contributed by atoms with E-state index in [0.29, 0.717) is 11.4 Å². The maximum absolute atomic E-state index is 10.6. The van der Waals surface area contributed by atoms with Crippen LogP contribution in [0.4, 0.5) is 11.4 Å². The van der Waals surface area contributed by atoms with Crippen molar-refractivity contribution in [1.29, 1.82) is 0 Å². The number of carbonyl (C=O) groups is 1. The molecular formula is C10H14N2O2. The van der Waals surface area contributed by atoms with Crippen LogP contribution in [0.15, 0.2) is 18.2 Å². The van der Waals surface area contributed by atoms with Gasteiger partial charge in [0.2, 0.25) is 0 Å². The highest BCUT2D eigenvalue weighted by Gasteiger charge is 2.11. The highest BCUT2D eigenvalue weighted by atomic mass is 16.4. The summed E-state index contributed by atoms with van der Waals surface area (Å²) in [7, 11) is 0. The lowest BCUT2D eigenvalue weighted by atomic mass is 10.2. The summed E-state index contributed by atoms with van der Waals surface area (Å²) in [4.78, 5) is 10.6. The number of carboxylic acids is 1. The summed E-state index contributed by atoms with van der Waals surface area (Å²) < 4.78 is 0. The van der Waals surface area contributed by atoms with Crippen molar-refractivity contribution in [1.82, 2.24) is 0 Å². The number of carboxylic acid groups (broad SMARTS) is 1. The van der Waals surface area contributed by atoms with Crippen LogP contribution in [-0.4, -0.2) is 17.1 Å². The number of hydrogen-bond donors (Lipinski definition) is 3. The van der Waals surface area contributed by atoms with Crippen LogP contribution in [0, 0.1) is 6.92 Å². The van der Waals surface area contributed by atoms with E-state index < -0.39 is 12.0 Å². The Morgan fingerprint density at radius 1 is 1.57 bits per heavy atom. The van der Waals surface area contributed by atoms with Crippen molar-refractivity contribution < 1.29 is 9.90 Å². The molecule has 76 valence electrons. The molecule has 1 rings (SSSR count). The first-order valence-electron chi connectivity index (χ1n) is 4.36. The largest absolute Gasteiger partial charge is 0.480 e. The van der Waals surface area contributed by atoms with E-state index in [9.17, 15) is 4.79 Å². The SMILES string of the molecule is Cc1ccc(NC(C)C(=O)O)c(N)c1. The third-order valence-electron chi connectivity index (χ3n) is 1.95. The van der Waals surface area contributed by atoms with Gasteiger partial charge < -0.3 is 16.2 Å². The summed E-state index contributed by atoms with van der Waals surface area (Å²) in [5.41, 5.74) is 7.99. The fourth-order valence-corrected chi connectivity index (χ4v) is 1.11. The smallest absolute Gasteiger partial charge is 0.325 e. The predicted molar refractivity (Wildman–Crippen MR) is 56.3 cm³/mol. The Kier molecular flexibility index (Phi) is 2.96. The average molecular weight is 194 g/mol. The van der Waals surface area contributed by atoms with Gasteiger partial charge in [-0.15, -0.1) is 0 Å². The first-order valence-corrected chi connectivity index (χ1v) is 4.36. The Morgan fingerprint density at radius 2 is 2.21 bits per heavy atom. The zero-order chi connectivity index (χ0) is 10.7. The molecule has 0 spiro atoms. The van der Waals surface area contributed by atoms with E-state index in [1.54, 1.807) is 19.1 Å². The summed E-state index contributed by atoms with van der Waals surface area (Å²) in [5.74, 6) is -0.898. The Labute approximate surface area is 82.7 Å². The number of nitrogens with one attached hydrogen (secondary N) is 1. The Balaban J connectivity index is 2.82. The zero-order valence-corrected chi connectivity index (χ0v) is 8.24. The van der Waals surface area contributed by atoms with Gasteiger partial charge in [-0.2, -0.15) is 0 Å². The van der Waals surface area contributed by atoms with Crippen molar-refractivity contribution in [3.63, 3.8) is 0 Å². The molecule has 0 radical (unpaired) electrons. The molecule has 0 aromatic heterocycles. The normalized spacial score (nSPS) is 12.1. The fraction of sp³-hybridized carbons (Fsp3) is 0.300. The van der Waals surface area contributed by atoms with Crippen molar-refractivity contribution in [2.45, 2.75) is 19.9 Å². The molecule has 0 heterocycles. The predicted octanol–water partition coefficient (Wildman–Crippen LogP) is 1.46. The van der Waals surface area contributed by atoms with Crippen LogP contribution in [0.1, 0.15) is 12.5 Å². The number of aryl methyl sites for hydroxylation is 1. The molecule has 0 saturated heterocycles. The van der Waals surface area contributed by atoms with E-state index in [0.717, 1.165) is 5.56 Å². The number of nitrogen functional groups attached to an aromatic ring is 1. The molecule has 0 fully saturated rings. The van der Waals surface area contributed by atoms with Crippen molar-refractivity contribution in [2.24, 2.45) is 0 Å². The summed E-state index contributed by atoms with van der Waals surface area (Å²) in [6.07, 6.45) is 0. The van der Waals surface area contributed by atoms with Crippen LogP contribution in [0.3, 0.4) is 0 Å². The van der Waals surface area contributed by atoms with Crippen molar-refractivity contribution in [3.8, 4) is 0 Å². The number of rotatable bonds is 3. The molecule has 0 amide bonds. The molecule has 1 aromatic rings. The van der Waals surface area contributed by atoms with Gasteiger partial charge in [-0.05, 0) is 31.5 Å². The van der Waals surface area contributed by atoms with E-state index in [-0.39, 0.29) is 0 Å². The molecule has 1 unspecified atom stereocenters. The number of hydrogen-bond acceptors (Lipinski definition) is 3. The van der Waals surface area contributed by atoms with Crippen molar-refractivity contribution in [2.75, 3.05) is 11.1 Å². The van der Waals surface area contributed by atoms with E-state index in [1.165, 1.54) is 0 Å². The quantitative estimate of drug-likeness (QED) is 0.637. The van der Waals surface area contributed by atoms with Gasteiger partial charge in [0.1, 0.15) is 6.04 Å². The Hall–Kier alpha value is -1.71. The number of aliphatic carboxylic acids is 1. The lowest BCUT2D eigenvalue weighted by Gasteiger charge is -2.13. The minimum atomic E-state index is -0.898. The lowest BCUT2D eigenvalue weighted by Crippen LogP contribution is -2.25. The van der Waals surface area contributed by atoms with Gasteiger partial charge in [0.25, 0.3) is 0 Å². The molecule has 0 saturated carbocycles. The molecule has 4 nitrogen and oxygen atoms in total. The molecule has 4 heteroatoms. The molecule has 0 aliphatic carbocycles. The van der Waals surface area contributed by atoms with Gasteiger partial charge in [-0.25, -0.2) is 0 Å². The van der Waals surface area contributed by atoms with Gasteiger partial charge in [0.15, 0.2) is 0 Å². The standard InChI is InChI=1S/C10H14N2O2/c1-6-3-4-9(8(11)5-6)12-7(2)10(13)14/h3-5,7,12H,11H2,1-2H3,(H,13,14). The summed E-state index contributed by atoms with van der Waals surface area (Å²) >= 11 is 0. The molecule has 0 bridgehead atoms. The number of anilines is 2. The van der Waals surface area contributed by atoms with Crippen LogP contribution in [0.5, 0.6) is 0 Å². The van der Waals surface area contributed by atoms with E-state index >= 15 is 0 Å². The third-order valence-corrected chi connectivity index (χ3v) is 1.95. The highest BCUT2D eigenvalue weighted by Crippen LogP contribution is 2.20. The minimum absolute atomic E-state index is 0.568. The Morgan fingerprint density at radius 3 is 2.71 bits per heavy atom. The molecular weight excluding hydrogens is 180 g/mol. The van der Waals surface area contributed by atoms with Gasteiger partial charge in [0, 0.05) is 0 Å². The molecule has 4 N–H and O–H groups in total. The van der Waals surface area contributed by atoms with Crippen LogP contribution < -0.4 is 11.1 Å². The van der Waals surface area contributed by atoms with Gasteiger partial charge in [-0.3, -0.25) is 4.79 Å². The second kappa shape index (κ2) is 4.00. The molecule has 14 heavy (non-hydrogen) atoms. The lowest BCUT2D eigenvalue weighted by molar-refractivity contribution is -0.137. The van der Waals surface area contributed by atoms with E-state index in [1.807, 2.05) is 13.0 Å². The van der Waals surface area contributed by atoms with Crippen molar-refractivity contribution in [3.05, 3.63) is 23.8 Å². The highest BCUT2D eigenvalue weighted by molar-refractivity contribution is 5.79. The molecule has 0 aliphatic rings.